The number of amides is 2. The normalized spacial score (nSPS) is 10.3. The molecule has 3 N–H and O–H groups in total. The molecule has 0 aromatic heterocycles. The fraction of sp³-hybridized carbons (Fsp3) is 0.0556. The smallest absolute Gasteiger partial charge is 0.329 e. The van der Waals surface area contributed by atoms with Crippen molar-refractivity contribution in [2.75, 3.05) is 11.9 Å². The fourth-order valence-electron chi connectivity index (χ4n) is 1.96. The standard InChI is InChI=1S/C18H16N4O6/c1-2-9-28-14-6-4-13(5-7-14)20-17(24)18(25)21-19-11-12-3-8-16(23)15(10-12)22(26)27/h2-8,10-11,23H,1,9H2,(H,20,24)(H,21,25)/b19-11-. The molecule has 0 aliphatic carbocycles. The molecule has 28 heavy (non-hydrogen) atoms. The van der Waals surface area contributed by atoms with Crippen molar-refractivity contribution in [3.8, 4) is 11.5 Å². The molecule has 0 fully saturated rings. The van der Waals surface area contributed by atoms with Gasteiger partial charge in [-0.05, 0) is 36.4 Å². The average molecular weight is 384 g/mol. The number of hydrogen-bond acceptors (Lipinski definition) is 7. The highest BCUT2D eigenvalue weighted by atomic mass is 16.6. The molecule has 144 valence electrons. The average Bonchev–Trinajstić information content (AvgIpc) is 2.68. The lowest BCUT2D eigenvalue weighted by molar-refractivity contribution is -0.385. The monoisotopic (exact) mass is 384 g/mol. The lowest BCUT2D eigenvalue weighted by atomic mass is 10.2. The number of carbonyl (C=O) groups excluding carboxylic acids is 2. The van der Waals surface area contributed by atoms with Crippen LogP contribution < -0.4 is 15.5 Å². The molecule has 10 nitrogen and oxygen atoms in total. The van der Waals surface area contributed by atoms with Gasteiger partial charge in [0.2, 0.25) is 0 Å². The summed E-state index contributed by atoms with van der Waals surface area (Å²) >= 11 is 0. The van der Waals surface area contributed by atoms with Gasteiger partial charge < -0.3 is 15.2 Å². The van der Waals surface area contributed by atoms with E-state index in [1.807, 2.05) is 5.43 Å². The topological polar surface area (TPSA) is 143 Å². The molecule has 0 radical (unpaired) electrons. The molecule has 0 saturated heterocycles. The van der Waals surface area contributed by atoms with Gasteiger partial charge in [-0.2, -0.15) is 5.10 Å². The molecule has 2 amide bonds. The molecule has 0 heterocycles. The number of carbonyl (C=O) groups is 2. The van der Waals surface area contributed by atoms with Gasteiger partial charge in [0.25, 0.3) is 0 Å². The second-order valence-electron chi connectivity index (χ2n) is 5.28. The number of aromatic hydroxyl groups is 1. The molecular weight excluding hydrogens is 368 g/mol. The summed E-state index contributed by atoms with van der Waals surface area (Å²) in [5.41, 5.74) is 2.13. The molecule has 0 bridgehead atoms. The first kappa shape index (κ1) is 20.1. The third-order valence-electron chi connectivity index (χ3n) is 3.26. The van der Waals surface area contributed by atoms with Gasteiger partial charge in [0.15, 0.2) is 5.75 Å². The summed E-state index contributed by atoms with van der Waals surface area (Å²) in [6.07, 6.45) is 2.69. The third-order valence-corrected chi connectivity index (χ3v) is 3.26. The number of hydrogen-bond donors (Lipinski definition) is 3. The van der Waals surface area contributed by atoms with E-state index in [9.17, 15) is 24.8 Å². The number of hydrazone groups is 1. The molecule has 10 heteroatoms. The second-order valence-corrected chi connectivity index (χ2v) is 5.28. The Morgan fingerprint density at radius 1 is 1.21 bits per heavy atom. The Morgan fingerprint density at radius 2 is 1.93 bits per heavy atom. The van der Waals surface area contributed by atoms with Crippen molar-refractivity contribution >= 4 is 29.4 Å². The molecule has 2 aromatic rings. The van der Waals surface area contributed by atoms with E-state index >= 15 is 0 Å². The highest BCUT2D eigenvalue weighted by Crippen LogP contribution is 2.25. The largest absolute Gasteiger partial charge is 0.502 e. The minimum Gasteiger partial charge on any atom is -0.502 e. The van der Waals surface area contributed by atoms with Crippen LogP contribution in [0, 0.1) is 10.1 Å². The quantitative estimate of drug-likeness (QED) is 0.219. The number of nitro benzene ring substituents is 1. The molecule has 0 atom stereocenters. The predicted octanol–water partition coefficient (Wildman–Crippen LogP) is 1.95. The summed E-state index contributed by atoms with van der Waals surface area (Å²) in [5.74, 6) is -1.90. The highest BCUT2D eigenvalue weighted by Gasteiger charge is 2.14. The van der Waals surface area contributed by atoms with Crippen molar-refractivity contribution in [2.45, 2.75) is 0 Å². The van der Waals surface area contributed by atoms with Crippen LogP contribution >= 0.6 is 0 Å². The fourth-order valence-corrected chi connectivity index (χ4v) is 1.96. The van der Waals surface area contributed by atoms with E-state index in [1.54, 1.807) is 30.3 Å². The zero-order valence-corrected chi connectivity index (χ0v) is 14.5. The van der Waals surface area contributed by atoms with Gasteiger partial charge >= 0.3 is 17.5 Å². The van der Waals surface area contributed by atoms with E-state index in [4.69, 9.17) is 4.74 Å². The minimum absolute atomic E-state index is 0.250. The van der Waals surface area contributed by atoms with Crippen LogP contribution in [0.2, 0.25) is 0 Å². The first-order chi connectivity index (χ1) is 13.4. The lowest BCUT2D eigenvalue weighted by Gasteiger charge is -2.06. The Morgan fingerprint density at radius 3 is 2.57 bits per heavy atom. The highest BCUT2D eigenvalue weighted by molar-refractivity contribution is 6.39. The van der Waals surface area contributed by atoms with Crippen LogP contribution in [0.15, 0.2) is 60.2 Å². The number of phenolic OH excluding ortho intramolecular Hbond substituents is 1. The number of benzene rings is 2. The van der Waals surface area contributed by atoms with Crippen molar-refractivity contribution in [3.05, 3.63) is 70.8 Å². The summed E-state index contributed by atoms with van der Waals surface area (Å²) in [5, 5.41) is 26.1. The van der Waals surface area contributed by atoms with Crippen LogP contribution in [0.4, 0.5) is 11.4 Å². The number of anilines is 1. The minimum atomic E-state index is -1.03. The lowest BCUT2D eigenvalue weighted by Crippen LogP contribution is -2.32. The summed E-state index contributed by atoms with van der Waals surface area (Å²) in [6, 6.07) is 9.90. The summed E-state index contributed by atoms with van der Waals surface area (Å²) in [7, 11) is 0. The van der Waals surface area contributed by atoms with Crippen molar-refractivity contribution in [1.29, 1.82) is 0 Å². The number of nitrogens with zero attached hydrogens (tertiary/aromatic N) is 2. The number of nitro groups is 1. The van der Waals surface area contributed by atoms with Crippen LogP contribution in [0.3, 0.4) is 0 Å². The van der Waals surface area contributed by atoms with Crippen LogP contribution in [0.1, 0.15) is 5.56 Å². The van der Waals surface area contributed by atoms with Crippen LogP contribution in [-0.4, -0.2) is 34.7 Å². The summed E-state index contributed by atoms with van der Waals surface area (Å²) < 4.78 is 5.30. The third kappa shape index (κ3) is 5.66. The molecular formula is C18H16N4O6. The molecule has 0 saturated carbocycles. The van der Waals surface area contributed by atoms with E-state index < -0.39 is 28.2 Å². The maximum atomic E-state index is 11.8. The van der Waals surface area contributed by atoms with Gasteiger partial charge in [0.1, 0.15) is 12.4 Å². The predicted molar refractivity (Wildman–Crippen MR) is 101 cm³/mol. The first-order valence-corrected chi connectivity index (χ1v) is 7.86. The SMILES string of the molecule is C=CCOc1ccc(NC(=O)C(=O)N/N=C\c2ccc(O)c([N+](=O)[O-])c2)cc1. The van der Waals surface area contributed by atoms with Gasteiger partial charge in [-0.15, -0.1) is 0 Å². The Kier molecular flexibility index (Phi) is 6.81. The number of phenols is 1. The molecule has 2 rings (SSSR count). The Hall–Kier alpha value is -4.21. The zero-order chi connectivity index (χ0) is 20.5. The summed E-state index contributed by atoms with van der Waals surface area (Å²) in [6.45, 7) is 3.88. The molecule has 0 aliphatic heterocycles. The Balaban J connectivity index is 1.91. The molecule has 0 unspecified atom stereocenters. The number of ether oxygens (including phenoxy) is 1. The van der Waals surface area contributed by atoms with Crippen LogP contribution in [0.25, 0.3) is 0 Å². The Bertz CT molecular complexity index is 924. The number of rotatable bonds is 7. The van der Waals surface area contributed by atoms with Gasteiger partial charge in [-0.3, -0.25) is 19.7 Å². The molecule has 0 spiro atoms. The van der Waals surface area contributed by atoms with Crippen molar-refractivity contribution in [3.63, 3.8) is 0 Å². The van der Waals surface area contributed by atoms with E-state index in [-0.39, 0.29) is 5.56 Å². The van der Waals surface area contributed by atoms with E-state index in [1.165, 1.54) is 6.07 Å². The molecule has 0 aliphatic rings. The molecule has 2 aromatic carbocycles. The Labute approximate surface area is 159 Å². The first-order valence-electron chi connectivity index (χ1n) is 7.86. The maximum Gasteiger partial charge on any atom is 0.329 e. The van der Waals surface area contributed by atoms with Crippen molar-refractivity contribution < 1.29 is 24.4 Å². The zero-order valence-electron chi connectivity index (χ0n) is 14.5. The van der Waals surface area contributed by atoms with Gasteiger partial charge in [0.05, 0.1) is 11.1 Å². The second kappa shape index (κ2) is 9.48. The maximum absolute atomic E-state index is 11.8. The van der Waals surface area contributed by atoms with Gasteiger partial charge in [-0.25, -0.2) is 5.43 Å². The van der Waals surface area contributed by atoms with Gasteiger partial charge in [0, 0.05) is 17.3 Å². The van der Waals surface area contributed by atoms with Crippen LogP contribution in [-0.2, 0) is 9.59 Å². The van der Waals surface area contributed by atoms with Gasteiger partial charge in [-0.1, -0.05) is 12.7 Å². The number of nitrogens with one attached hydrogen (secondary N) is 2. The van der Waals surface area contributed by atoms with E-state index in [0.717, 1.165) is 18.3 Å². The van der Waals surface area contributed by atoms with Crippen molar-refractivity contribution in [1.82, 2.24) is 5.43 Å². The van der Waals surface area contributed by atoms with E-state index in [2.05, 4.69) is 17.0 Å². The van der Waals surface area contributed by atoms with Crippen molar-refractivity contribution in [2.24, 2.45) is 5.10 Å². The van der Waals surface area contributed by atoms with E-state index in [0.29, 0.717) is 18.0 Å². The summed E-state index contributed by atoms with van der Waals surface area (Å²) in [4.78, 5) is 33.6. The van der Waals surface area contributed by atoms with Crippen LogP contribution in [0.5, 0.6) is 11.5 Å².